The van der Waals surface area contributed by atoms with E-state index >= 15 is 0 Å². The van der Waals surface area contributed by atoms with Gasteiger partial charge in [-0.2, -0.15) is 13.2 Å². The van der Waals surface area contributed by atoms with Crippen molar-refractivity contribution in [3.63, 3.8) is 0 Å². The molecule has 0 N–H and O–H groups in total. The number of halogens is 3. The highest BCUT2D eigenvalue weighted by Crippen LogP contribution is 2.48. The Hall–Kier alpha value is -2.56. The Morgan fingerprint density at radius 3 is 2.29 bits per heavy atom. The summed E-state index contributed by atoms with van der Waals surface area (Å²) in [6.07, 6.45) is 10.3. The number of carbonyl (C=O) groups is 1. The normalized spacial score (nSPS) is 25.2. The number of hydrogen-bond donors (Lipinski definition) is 0. The molecule has 5 heteroatoms. The van der Waals surface area contributed by atoms with E-state index in [0.717, 1.165) is 29.9 Å². The Labute approximate surface area is 200 Å². The highest BCUT2D eigenvalue weighted by Gasteiger charge is 2.35. The first-order valence-corrected chi connectivity index (χ1v) is 12.4. The monoisotopic (exact) mass is 470 g/mol. The van der Waals surface area contributed by atoms with Gasteiger partial charge in [0.05, 0.1) is 11.1 Å². The minimum Gasteiger partial charge on any atom is -0.423 e. The molecule has 0 spiro atoms. The van der Waals surface area contributed by atoms with Crippen molar-refractivity contribution in [2.45, 2.75) is 70.4 Å². The van der Waals surface area contributed by atoms with Crippen molar-refractivity contribution >= 4 is 5.97 Å². The number of alkyl halides is 3. The molecule has 2 aliphatic carbocycles. The topological polar surface area (TPSA) is 26.3 Å². The lowest BCUT2D eigenvalue weighted by Gasteiger charge is -2.42. The lowest BCUT2D eigenvalue weighted by Crippen LogP contribution is -2.30. The summed E-state index contributed by atoms with van der Waals surface area (Å²) in [7, 11) is 0. The fourth-order valence-corrected chi connectivity index (χ4v) is 5.82. The van der Waals surface area contributed by atoms with Gasteiger partial charge in [0.25, 0.3) is 0 Å². The molecule has 0 amide bonds. The summed E-state index contributed by atoms with van der Waals surface area (Å²) in [6, 6.07) is 11.7. The number of hydrogen-bond acceptors (Lipinski definition) is 2. The van der Waals surface area contributed by atoms with Gasteiger partial charge in [-0.3, -0.25) is 0 Å². The molecule has 4 rings (SSSR count). The van der Waals surface area contributed by atoms with E-state index < -0.39 is 17.7 Å². The van der Waals surface area contributed by atoms with Gasteiger partial charge in [0, 0.05) is 0 Å². The minimum absolute atomic E-state index is 0.0988. The van der Waals surface area contributed by atoms with Crippen LogP contribution in [0, 0.1) is 17.8 Å². The second-order valence-corrected chi connectivity index (χ2v) is 9.89. The summed E-state index contributed by atoms with van der Waals surface area (Å²) in [6.45, 7) is 2.09. The smallest absolute Gasteiger partial charge is 0.416 e. The SMILES string of the molecule is C/C=C/CCC1CCC2CC(c3ccc(C(=O)Oc4ccc(C(F)(F)F)cc4)cc3)CCC2C1. The number of fused-ring (bicyclic) bond motifs is 1. The van der Waals surface area contributed by atoms with Crippen molar-refractivity contribution in [3.8, 4) is 5.75 Å². The first-order valence-electron chi connectivity index (χ1n) is 12.4. The molecule has 0 radical (unpaired) electrons. The van der Waals surface area contributed by atoms with Gasteiger partial charge < -0.3 is 4.74 Å². The largest absolute Gasteiger partial charge is 0.423 e. The number of ether oxygens (including phenoxy) is 1. The van der Waals surface area contributed by atoms with Crippen LogP contribution < -0.4 is 4.74 Å². The fraction of sp³-hybridized carbons (Fsp3) is 0.483. The lowest BCUT2D eigenvalue weighted by molar-refractivity contribution is -0.137. The molecule has 0 bridgehead atoms. The molecule has 2 fully saturated rings. The highest BCUT2D eigenvalue weighted by molar-refractivity contribution is 5.91. The molecule has 2 aromatic rings. The molecule has 2 nitrogen and oxygen atoms in total. The molecule has 0 heterocycles. The molecular weight excluding hydrogens is 437 g/mol. The molecular formula is C29H33F3O2. The molecule has 2 aliphatic rings. The Morgan fingerprint density at radius 2 is 1.62 bits per heavy atom. The summed E-state index contributed by atoms with van der Waals surface area (Å²) < 4.78 is 43.3. The second kappa shape index (κ2) is 10.8. The van der Waals surface area contributed by atoms with Crippen LogP contribution in [0.25, 0.3) is 0 Å². The maximum atomic E-state index is 12.7. The number of rotatable bonds is 6. The first kappa shape index (κ1) is 24.6. The summed E-state index contributed by atoms with van der Waals surface area (Å²) in [5.41, 5.74) is 0.896. The van der Waals surface area contributed by atoms with Gasteiger partial charge in [0.1, 0.15) is 5.75 Å². The molecule has 4 atom stereocenters. The van der Waals surface area contributed by atoms with Crippen LogP contribution in [0.15, 0.2) is 60.7 Å². The zero-order valence-electron chi connectivity index (χ0n) is 19.7. The van der Waals surface area contributed by atoms with Gasteiger partial charge in [-0.15, -0.1) is 0 Å². The zero-order chi connectivity index (χ0) is 24.1. The summed E-state index contributed by atoms with van der Waals surface area (Å²) in [5, 5.41) is 0. The van der Waals surface area contributed by atoms with Crippen LogP contribution in [0.3, 0.4) is 0 Å². The zero-order valence-corrected chi connectivity index (χ0v) is 19.7. The van der Waals surface area contributed by atoms with Crippen molar-refractivity contribution in [1.29, 1.82) is 0 Å². The highest BCUT2D eigenvalue weighted by atomic mass is 19.4. The van der Waals surface area contributed by atoms with Gasteiger partial charge in [0.2, 0.25) is 0 Å². The van der Waals surface area contributed by atoms with E-state index in [1.165, 1.54) is 69.1 Å². The first-order chi connectivity index (χ1) is 16.3. The number of allylic oxidation sites excluding steroid dienone is 2. The Kier molecular flexibility index (Phi) is 7.80. The van der Waals surface area contributed by atoms with Gasteiger partial charge in [-0.25, -0.2) is 4.79 Å². The van der Waals surface area contributed by atoms with E-state index in [9.17, 15) is 18.0 Å². The van der Waals surface area contributed by atoms with Crippen molar-refractivity contribution < 1.29 is 22.7 Å². The molecule has 182 valence electrons. The number of benzene rings is 2. The number of carbonyl (C=O) groups excluding carboxylic acids is 1. The maximum absolute atomic E-state index is 12.7. The maximum Gasteiger partial charge on any atom is 0.416 e. The molecule has 4 unspecified atom stereocenters. The summed E-state index contributed by atoms with van der Waals surface area (Å²) in [4.78, 5) is 12.4. The third-order valence-electron chi connectivity index (χ3n) is 7.71. The fourth-order valence-electron chi connectivity index (χ4n) is 5.82. The van der Waals surface area contributed by atoms with Gasteiger partial charge >= 0.3 is 12.1 Å². The summed E-state index contributed by atoms with van der Waals surface area (Å²) >= 11 is 0. The standard InChI is InChI=1S/C29H33F3O2/c1-2-3-4-5-20-6-7-25-19-24(13-12-23(25)18-20)21-8-10-22(11-9-21)28(33)34-27-16-14-26(15-17-27)29(30,31)32/h2-3,8-11,14-17,20,23-25H,4-7,12-13,18-19H2,1H3/b3-2+. The lowest BCUT2D eigenvalue weighted by atomic mass is 9.63. The van der Waals surface area contributed by atoms with E-state index in [0.29, 0.717) is 11.5 Å². The molecule has 0 saturated heterocycles. The molecule has 0 aromatic heterocycles. The quantitative estimate of drug-likeness (QED) is 0.240. The van der Waals surface area contributed by atoms with Crippen LogP contribution in [0.1, 0.15) is 85.7 Å². The van der Waals surface area contributed by atoms with E-state index in [-0.39, 0.29) is 5.75 Å². The van der Waals surface area contributed by atoms with Crippen LogP contribution >= 0.6 is 0 Å². The molecule has 0 aliphatic heterocycles. The predicted molar refractivity (Wildman–Crippen MR) is 128 cm³/mol. The van der Waals surface area contributed by atoms with Crippen LogP contribution in [-0.2, 0) is 6.18 Å². The molecule has 2 saturated carbocycles. The van der Waals surface area contributed by atoms with Gasteiger partial charge in [-0.05, 0) is 118 Å². The Balaban J connectivity index is 1.30. The van der Waals surface area contributed by atoms with E-state index in [4.69, 9.17) is 4.74 Å². The molecule has 34 heavy (non-hydrogen) atoms. The molecule has 2 aromatic carbocycles. The van der Waals surface area contributed by atoms with Crippen LogP contribution in [0.5, 0.6) is 5.75 Å². The minimum atomic E-state index is -4.41. The third kappa shape index (κ3) is 6.11. The van der Waals surface area contributed by atoms with Crippen LogP contribution in [0.4, 0.5) is 13.2 Å². The van der Waals surface area contributed by atoms with Gasteiger partial charge in [-0.1, -0.05) is 30.7 Å². The average Bonchev–Trinajstić information content (AvgIpc) is 2.84. The van der Waals surface area contributed by atoms with Crippen molar-refractivity contribution in [2.75, 3.05) is 0 Å². The third-order valence-corrected chi connectivity index (χ3v) is 7.71. The van der Waals surface area contributed by atoms with E-state index in [1.807, 2.05) is 12.1 Å². The van der Waals surface area contributed by atoms with Crippen LogP contribution in [0.2, 0.25) is 0 Å². The van der Waals surface area contributed by atoms with Crippen molar-refractivity contribution in [3.05, 3.63) is 77.4 Å². The number of esters is 1. The van der Waals surface area contributed by atoms with Crippen LogP contribution in [-0.4, -0.2) is 5.97 Å². The van der Waals surface area contributed by atoms with Crippen molar-refractivity contribution in [2.24, 2.45) is 17.8 Å². The van der Waals surface area contributed by atoms with Gasteiger partial charge in [0.15, 0.2) is 0 Å². The second-order valence-electron chi connectivity index (χ2n) is 9.89. The van der Waals surface area contributed by atoms with E-state index in [2.05, 4.69) is 19.1 Å². The predicted octanol–water partition coefficient (Wildman–Crippen LogP) is 8.58. The Bertz CT molecular complexity index is 976. The Morgan fingerprint density at radius 1 is 0.941 bits per heavy atom. The summed E-state index contributed by atoms with van der Waals surface area (Å²) in [5.74, 6) is 2.61. The average molecular weight is 471 g/mol. The van der Waals surface area contributed by atoms with Crippen molar-refractivity contribution in [1.82, 2.24) is 0 Å². The van der Waals surface area contributed by atoms with E-state index in [1.54, 1.807) is 12.1 Å².